The van der Waals surface area contributed by atoms with Crippen LogP contribution in [0, 0.1) is 0 Å². The number of hydrogen-bond donors (Lipinski definition) is 1. The number of sulfone groups is 1. The molecule has 0 spiro atoms. The van der Waals surface area contributed by atoms with E-state index in [9.17, 15) is 18.0 Å². The Morgan fingerprint density at radius 2 is 2.19 bits per heavy atom. The summed E-state index contributed by atoms with van der Waals surface area (Å²) in [5.74, 6) is -0.202. The van der Waals surface area contributed by atoms with Crippen LogP contribution in [0.4, 0.5) is 0 Å². The average molecular weight is 488 g/mol. The largest absolute Gasteiger partial charge is 0.379 e. The third-order valence-electron chi connectivity index (χ3n) is 4.79. The van der Waals surface area contributed by atoms with E-state index >= 15 is 0 Å². The Morgan fingerprint density at radius 3 is 2.87 bits per heavy atom. The van der Waals surface area contributed by atoms with Crippen LogP contribution in [0.1, 0.15) is 26.7 Å². The zero-order chi connectivity index (χ0) is 22.6. The van der Waals surface area contributed by atoms with E-state index in [0.29, 0.717) is 47.1 Å². The van der Waals surface area contributed by atoms with Crippen LogP contribution in [0.2, 0.25) is 5.02 Å². The molecule has 1 aromatic carbocycles. The van der Waals surface area contributed by atoms with Gasteiger partial charge in [0.05, 0.1) is 34.3 Å². The number of hydrogen-bond acceptors (Lipinski definition) is 7. The maximum Gasteiger partial charge on any atom is 0.262 e. The number of nitrogens with one attached hydrogen (secondary N) is 1. The van der Waals surface area contributed by atoms with Crippen molar-refractivity contribution in [1.82, 2.24) is 14.9 Å². The van der Waals surface area contributed by atoms with Crippen LogP contribution in [0.25, 0.3) is 10.9 Å². The van der Waals surface area contributed by atoms with Crippen molar-refractivity contribution < 1.29 is 17.9 Å². The third kappa shape index (κ3) is 6.68. The second-order valence-electron chi connectivity index (χ2n) is 7.74. The van der Waals surface area contributed by atoms with Gasteiger partial charge in [0, 0.05) is 24.2 Å². The molecule has 11 heteroatoms. The van der Waals surface area contributed by atoms with E-state index in [1.807, 2.05) is 13.8 Å². The van der Waals surface area contributed by atoms with Gasteiger partial charge in [0.1, 0.15) is 0 Å². The van der Waals surface area contributed by atoms with Crippen LogP contribution in [0.3, 0.4) is 0 Å². The zero-order valence-corrected chi connectivity index (χ0v) is 19.9. The van der Waals surface area contributed by atoms with Crippen molar-refractivity contribution in [2.45, 2.75) is 50.5 Å². The van der Waals surface area contributed by atoms with Gasteiger partial charge in [0.15, 0.2) is 15.0 Å². The lowest BCUT2D eigenvalue weighted by molar-refractivity contribution is -0.119. The summed E-state index contributed by atoms with van der Waals surface area (Å²) >= 11 is 7.20. The molecule has 1 N–H and O–H groups in total. The molecule has 8 nitrogen and oxygen atoms in total. The lowest BCUT2D eigenvalue weighted by Gasteiger charge is -2.15. The number of halogens is 1. The van der Waals surface area contributed by atoms with Crippen LogP contribution in [-0.4, -0.2) is 59.9 Å². The first-order valence-corrected chi connectivity index (χ1v) is 13.3. The van der Waals surface area contributed by atoms with Crippen molar-refractivity contribution in [1.29, 1.82) is 0 Å². The lowest BCUT2D eigenvalue weighted by Crippen LogP contribution is -2.36. The normalized spacial score (nSPS) is 18.0. The molecule has 0 radical (unpaired) electrons. The molecule has 1 unspecified atom stereocenters. The van der Waals surface area contributed by atoms with E-state index in [1.165, 1.54) is 0 Å². The van der Waals surface area contributed by atoms with Gasteiger partial charge in [-0.05, 0) is 44.9 Å². The third-order valence-corrected chi connectivity index (χ3v) is 7.77. The number of aromatic nitrogens is 2. The van der Waals surface area contributed by atoms with Crippen molar-refractivity contribution in [2.24, 2.45) is 0 Å². The predicted molar refractivity (Wildman–Crippen MR) is 123 cm³/mol. The number of rotatable bonds is 9. The van der Waals surface area contributed by atoms with E-state index in [1.54, 1.807) is 22.8 Å². The van der Waals surface area contributed by atoms with Crippen molar-refractivity contribution in [2.75, 3.05) is 23.9 Å². The van der Waals surface area contributed by atoms with Gasteiger partial charge in [0.25, 0.3) is 5.56 Å². The number of thioether (sulfide) groups is 1. The minimum atomic E-state index is -3.07. The minimum absolute atomic E-state index is 0.0254. The number of benzene rings is 1. The quantitative estimate of drug-likeness (QED) is 0.328. The summed E-state index contributed by atoms with van der Waals surface area (Å²) in [6.45, 7) is 4.80. The summed E-state index contributed by atoms with van der Waals surface area (Å²) in [6.07, 6.45) is 1.15. The Kier molecular flexibility index (Phi) is 8.01. The summed E-state index contributed by atoms with van der Waals surface area (Å²) in [5.41, 5.74) is 0.271. The Morgan fingerprint density at radius 1 is 1.42 bits per heavy atom. The van der Waals surface area contributed by atoms with Gasteiger partial charge in [-0.3, -0.25) is 14.2 Å². The topological polar surface area (TPSA) is 107 Å². The monoisotopic (exact) mass is 487 g/mol. The highest BCUT2D eigenvalue weighted by Gasteiger charge is 2.29. The maximum atomic E-state index is 13.0. The molecule has 1 atom stereocenters. The lowest BCUT2D eigenvalue weighted by atomic mass is 10.2. The molecular formula is C20H26ClN3O5S2. The number of carbonyl (C=O) groups is 1. The molecule has 170 valence electrons. The van der Waals surface area contributed by atoms with Crippen LogP contribution in [0.15, 0.2) is 28.2 Å². The fraction of sp³-hybridized carbons (Fsp3) is 0.550. The van der Waals surface area contributed by atoms with E-state index in [2.05, 4.69) is 10.3 Å². The summed E-state index contributed by atoms with van der Waals surface area (Å²) in [6, 6.07) is 4.56. The van der Waals surface area contributed by atoms with Crippen LogP contribution < -0.4 is 10.9 Å². The fourth-order valence-electron chi connectivity index (χ4n) is 3.33. The molecule has 1 fully saturated rings. The van der Waals surface area contributed by atoms with Crippen molar-refractivity contribution in [3.63, 3.8) is 0 Å². The number of carbonyl (C=O) groups excluding carboxylic acids is 1. The van der Waals surface area contributed by atoms with E-state index in [0.717, 1.165) is 11.8 Å². The molecule has 1 aliphatic rings. The second-order valence-corrected chi connectivity index (χ2v) is 11.3. The predicted octanol–water partition coefficient (Wildman–Crippen LogP) is 2.26. The van der Waals surface area contributed by atoms with E-state index < -0.39 is 9.84 Å². The average Bonchev–Trinajstić information content (AvgIpc) is 3.02. The van der Waals surface area contributed by atoms with Gasteiger partial charge in [-0.15, -0.1) is 0 Å². The molecule has 1 aromatic heterocycles. The smallest absolute Gasteiger partial charge is 0.262 e. The first kappa shape index (κ1) is 24.0. The molecular weight excluding hydrogens is 462 g/mol. The fourth-order valence-corrected chi connectivity index (χ4v) is 6.01. The summed E-state index contributed by atoms with van der Waals surface area (Å²) in [4.78, 5) is 30.0. The van der Waals surface area contributed by atoms with E-state index in [-0.39, 0.29) is 40.9 Å². The SMILES string of the molecule is CC(C)OCCCn1c(SCC(=O)NC2CCS(=O)(=O)C2)nc2cc(Cl)ccc2c1=O. The standard InChI is InChI=1S/C20H26ClN3O5S2/c1-13(2)29-8-3-7-24-19(26)16-5-4-14(21)10-17(16)23-20(24)30-11-18(25)22-15-6-9-31(27,28)12-15/h4-5,10,13,15H,3,6-9,11-12H2,1-2H3,(H,22,25). The molecule has 1 saturated heterocycles. The molecule has 1 aliphatic heterocycles. The van der Waals surface area contributed by atoms with Gasteiger partial charge < -0.3 is 10.1 Å². The molecule has 0 saturated carbocycles. The Balaban J connectivity index is 1.75. The van der Waals surface area contributed by atoms with Crippen LogP contribution in [-0.2, 0) is 25.9 Å². The maximum absolute atomic E-state index is 13.0. The van der Waals surface area contributed by atoms with Crippen LogP contribution >= 0.6 is 23.4 Å². The Bertz CT molecular complexity index is 1120. The Hall–Kier alpha value is -1.62. The summed E-state index contributed by atoms with van der Waals surface area (Å²) < 4.78 is 30.3. The molecule has 31 heavy (non-hydrogen) atoms. The zero-order valence-electron chi connectivity index (χ0n) is 17.5. The molecule has 1 amide bonds. The number of fused-ring (bicyclic) bond motifs is 1. The highest BCUT2D eigenvalue weighted by atomic mass is 35.5. The molecule has 3 rings (SSSR count). The molecule has 2 heterocycles. The van der Waals surface area contributed by atoms with Crippen molar-refractivity contribution in [3.05, 3.63) is 33.6 Å². The number of nitrogens with zero attached hydrogens (tertiary/aromatic N) is 2. The molecule has 2 aromatic rings. The minimum Gasteiger partial charge on any atom is -0.379 e. The first-order chi connectivity index (χ1) is 14.6. The van der Waals surface area contributed by atoms with E-state index in [4.69, 9.17) is 16.3 Å². The van der Waals surface area contributed by atoms with Gasteiger partial charge in [-0.2, -0.15) is 0 Å². The van der Waals surface area contributed by atoms with Gasteiger partial charge >= 0.3 is 0 Å². The van der Waals surface area contributed by atoms with Crippen molar-refractivity contribution in [3.8, 4) is 0 Å². The van der Waals surface area contributed by atoms with Gasteiger partial charge in [-0.25, -0.2) is 13.4 Å². The summed E-state index contributed by atoms with van der Waals surface area (Å²) in [7, 11) is -3.07. The Labute approximate surface area is 190 Å². The van der Waals surface area contributed by atoms with Gasteiger partial charge in [-0.1, -0.05) is 23.4 Å². The molecule has 0 bridgehead atoms. The summed E-state index contributed by atoms with van der Waals surface area (Å²) in [5, 5.41) is 4.10. The second kappa shape index (κ2) is 10.3. The van der Waals surface area contributed by atoms with Crippen LogP contribution in [0.5, 0.6) is 0 Å². The molecule has 0 aliphatic carbocycles. The first-order valence-electron chi connectivity index (χ1n) is 10.1. The van der Waals surface area contributed by atoms with Crippen molar-refractivity contribution >= 4 is 50.0 Å². The number of amides is 1. The highest BCUT2D eigenvalue weighted by molar-refractivity contribution is 7.99. The number of ether oxygens (including phenoxy) is 1. The van der Waals surface area contributed by atoms with Gasteiger partial charge in [0.2, 0.25) is 5.91 Å². The highest BCUT2D eigenvalue weighted by Crippen LogP contribution is 2.21.